The fourth-order valence-corrected chi connectivity index (χ4v) is 3.32. The zero-order chi connectivity index (χ0) is 21.7. The number of aromatic amines is 1. The summed E-state index contributed by atoms with van der Waals surface area (Å²) in [6, 6.07) is 10.0. The average molecular weight is 417 g/mol. The number of nitrogens with one attached hydrogen (secondary N) is 2. The number of imidazole rings is 1. The number of phenolic OH excluding ortho intramolecular Hbond substituents is 1. The highest BCUT2D eigenvalue weighted by molar-refractivity contribution is 5.97. The van der Waals surface area contributed by atoms with Crippen LogP contribution < -0.4 is 16.7 Å². The molecule has 1 amide bonds. The summed E-state index contributed by atoms with van der Waals surface area (Å²) < 4.78 is 41.3. The van der Waals surface area contributed by atoms with E-state index in [0.717, 1.165) is 22.9 Å². The Morgan fingerprint density at radius 1 is 1.17 bits per heavy atom. The van der Waals surface area contributed by atoms with Gasteiger partial charge in [0.2, 0.25) is 5.66 Å². The van der Waals surface area contributed by atoms with E-state index in [1.54, 1.807) is 0 Å². The number of amides is 1. The Hall–Kier alpha value is -4.02. The molecule has 0 radical (unpaired) electrons. The molecule has 0 saturated carbocycles. The number of phenols is 1. The Kier molecular flexibility index (Phi) is 4.19. The van der Waals surface area contributed by atoms with Crippen molar-refractivity contribution >= 4 is 17.9 Å². The van der Waals surface area contributed by atoms with Crippen molar-refractivity contribution in [3.63, 3.8) is 0 Å². The normalized spacial score (nSPS) is 18.0. The van der Waals surface area contributed by atoms with Crippen LogP contribution in [-0.4, -0.2) is 26.8 Å². The Morgan fingerprint density at radius 3 is 2.57 bits per heavy atom. The molecule has 154 valence electrons. The monoisotopic (exact) mass is 417 g/mol. The van der Waals surface area contributed by atoms with Crippen molar-refractivity contribution in [2.75, 3.05) is 5.32 Å². The first-order chi connectivity index (χ1) is 14.1. The molecule has 3 aromatic rings. The van der Waals surface area contributed by atoms with Crippen LogP contribution >= 0.6 is 0 Å². The summed E-state index contributed by atoms with van der Waals surface area (Å²) in [6.07, 6.45) is -3.59. The minimum atomic E-state index is -4.73. The third kappa shape index (κ3) is 2.91. The van der Waals surface area contributed by atoms with E-state index >= 15 is 0 Å². The first kappa shape index (κ1) is 19.3. The second-order valence-corrected chi connectivity index (χ2v) is 6.55. The first-order valence-corrected chi connectivity index (χ1v) is 8.58. The Bertz CT molecular complexity index is 1240. The Morgan fingerprint density at radius 2 is 1.90 bits per heavy atom. The van der Waals surface area contributed by atoms with Gasteiger partial charge in [0.15, 0.2) is 0 Å². The van der Waals surface area contributed by atoms with Crippen LogP contribution in [0.4, 0.5) is 19.0 Å². The van der Waals surface area contributed by atoms with Crippen LogP contribution in [0.2, 0.25) is 0 Å². The predicted molar refractivity (Wildman–Crippen MR) is 102 cm³/mol. The summed E-state index contributed by atoms with van der Waals surface area (Å²) in [4.78, 5) is 31.4. The van der Waals surface area contributed by atoms with E-state index in [9.17, 15) is 27.9 Å². The molecule has 11 heteroatoms. The average Bonchev–Trinajstić information content (AvgIpc) is 3.01. The van der Waals surface area contributed by atoms with Gasteiger partial charge >= 0.3 is 11.9 Å². The van der Waals surface area contributed by atoms with Crippen molar-refractivity contribution in [1.29, 1.82) is 0 Å². The van der Waals surface area contributed by atoms with Gasteiger partial charge in [-0.1, -0.05) is 24.3 Å². The highest BCUT2D eigenvalue weighted by Crippen LogP contribution is 2.37. The molecule has 0 spiro atoms. The number of H-pyrrole nitrogens is 1. The van der Waals surface area contributed by atoms with Gasteiger partial charge in [-0.15, -0.1) is 0 Å². The van der Waals surface area contributed by atoms with Crippen LogP contribution in [0.5, 0.6) is 5.75 Å². The number of nitrogens with two attached hydrogens (primary N) is 1. The third-order valence-corrected chi connectivity index (χ3v) is 4.68. The van der Waals surface area contributed by atoms with Gasteiger partial charge in [-0.3, -0.25) is 4.79 Å². The van der Waals surface area contributed by atoms with Gasteiger partial charge in [-0.2, -0.15) is 13.2 Å². The maximum absolute atomic E-state index is 13.5. The molecule has 0 fully saturated rings. The smallest absolute Gasteiger partial charge is 0.418 e. The molecule has 0 aliphatic carbocycles. The van der Waals surface area contributed by atoms with Crippen LogP contribution in [0.25, 0.3) is 5.69 Å². The molecule has 8 nitrogen and oxygen atoms in total. The Labute approximate surface area is 166 Å². The number of halogens is 3. The second-order valence-electron chi connectivity index (χ2n) is 6.55. The van der Waals surface area contributed by atoms with E-state index in [-0.39, 0.29) is 22.8 Å². The molecule has 1 aliphatic heterocycles. The molecule has 1 aromatic heterocycles. The zero-order valence-electron chi connectivity index (χ0n) is 15.1. The largest absolute Gasteiger partial charge is 0.508 e. The van der Waals surface area contributed by atoms with E-state index in [2.05, 4.69) is 15.3 Å². The first-order valence-electron chi connectivity index (χ1n) is 8.58. The number of primary amides is 1. The number of aliphatic imine (C=N–C) groups is 1. The number of fused-ring (bicyclic) bond motifs is 1. The van der Waals surface area contributed by atoms with E-state index < -0.39 is 34.7 Å². The van der Waals surface area contributed by atoms with Gasteiger partial charge in [0, 0.05) is 5.56 Å². The number of hydrogen-bond donors (Lipinski definition) is 4. The zero-order valence-corrected chi connectivity index (χ0v) is 15.1. The standard InChI is InChI=1S/C19H14F3N5O3/c20-19(21,22)12-6-1-2-7-14(12)27-15-13(25-17(27)30)9-24-18(26-15,16(23)29)10-4-3-5-11(28)8-10/h1-9,26,28H,(H2,23,29)(H,25,30). The van der Waals surface area contributed by atoms with Gasteiger partial charge in [0.05, 0.1) is 17.5 Å². The summed E-state index contributed by atoms with van der Waals surface area (Å²) in [5, 5.41) is 12.5. The number of nitrogens with zero attached hydrogens (tertiary/aromatic N) is 2. The SMILES string of the molecule is NC(=O)C1(c2cccc(O)c2)N=Cc2[nH]c(=O)n(-c3ccccc3C(F)(F)F)c2N1. The molecule has 0 bridgehead atoms. The molecule has 1 unspecified atom stereocenters. The van der Waals surface area contributed by atoms with Crippen LogP contribution in [0, 0.1) is 0 Å². The lowest BCUT2D eigenvalue weighted by Crippen LogP contribution is -2.48. The van der Waals surface area contributed by atoms with Gasteiger partial charge < -0.3 is 21.1 Å². The molecule has 30 heavy (non-hydrogen) atoms. The van der Waals surface area contributed by atoms with Crippen molar-refractivity contribution < 1.29 is 23.1 Å². The predicted octanol–water partition coefficient (Wildman–Crippen LogP) is 2.07. The second kappa shape index (κ2) is 6.51. The number of carbonyl (C=O) groups excluding carboxylic acids is 1. The number of alkyl halides is 3. The quantitative estimate of drug-likeness (QED) is 0.521. The van der Waals surface area contributed by atoms with Crippen molar-refractivity contribution in [1.82, 2.24) is 9.55 Å². The molecule has 1 aliphatic rings. The van der Waals surface area contributed by atoms with Gasteiger partial charge in [-0.25, -0.2) is 14.4 Å². The minimum Gasteiger partial charge on any atom is -0.508 e. The lowest BCUT2D eigenvalue weighted by atomic mass is 9.97. The van der Waals surface area contributed by atoms with Crippen molar-refractivity contribution in [3.8, 4) is 11.4 Å². The Balaban J connectivity index is 1.95. The van der Waals surface area contributed by atoms with E-state index in [4.69, 9.17) is 5.73 Å². The molecule has 5 N–H and O–H groups in total. The number of anilines is 1. The number of aromatic nitrogens is 2. The maximum atomic E-state index is 13.5. The van der Waals surface area contributed by atoms with E-state index in [0.29, 0.717) is 0 Å². The molecule has 0 saturated heterocycles. The van der Waals surface area contributed by atoms with Gasteiger partial charge in [0.25, 0.3) is 5.91 Å². The summed E-state index contributed by atoms with van der Waals surface area (Å²) in [7, 11) is 0. The van der Waals surface area contributed by atoms with Crippen LogP contribution in [0.1, 0.15) is 16.8 Å². The fourth-order valence-electron chi connectivity index (χ4n) is 3.32. The number of carbonyl (C=O) groups is 1. The number of benzene rings is 2. The lowest BCUT2D eigenvalue weighted by molar-refractivity contribution is -0.137. The van der Waals surface area contributed by atoms with E-state index in [1.165, 1.54) is 36.4 Å². The van der Waals surface area contributed by atoms with Gasteiger partial charge in [-0.05, 0) is 24.3 Å². The van der Waals surface area contributed by atoms with Crippen molar-refractivity contribution in [2.45, 2.75) is 11.8 Å². The van der Waals surface area contributed by atoms with Crippen LogP contribution in [-0.2, 0) is 16.6 Å². The lowest BCUT2D eigenvalue weighted by Gasteiger charge is -2.32. The molecule has 1 atom stereocenters. The number of hydrogen-bond acceptors (Lipinski definition) is 5. The summed E-state index contributed by atoms with van der Waals surface area (Å²) >= 11 is 0. The number of para-hydroxylation sites is 1. The highest BCUT2D eigenvalue weighted by atomic mass is 19.4. The highest BCUT2D eigenvalue weighted by Gasteiger charge is 2.43. The van der Waals surface area contributed by atoms with Crippen LogP contribution in [0.3, 0.4) is 0 Å². The topological polar surface area (TPSA) is 126 Å². The third-order valence-electron chi connectivity index (χ3n) is 4.68. The fraction of sp³-hybridized carbons (Fsp3) is 0.105. The molecular formula is C19H14F3N5O3. The maximum Gasteiger partial charge on any atom is 0.418 e. The summed E-state index contributed by atoms with van der Waals surface area (Å²) in [5.74, 6) is -1.29. The molecule has 2 heterocycles. The van der Waals surface area contributed by atoms with Crippen molar-refractivity contribution in [3.05, 3.63) is 75.8 Å². The summed E-state index contributed by atoms with van der Waals surface area (Å²) in [5.41, 5.74) is 1.47. The summed E-state index contributed by atoms with van der Waals surface area (Å²) in [6.45, 7) is 0. The number of rotatable bonds is 3. The number of aromatic hydroxyl groups is 1. The molecule has 2 aromatic carbocycles. The van der Waals surface area contributed by atoms with Crippen LogP contribution in [0.15, 0.2) is 58.3 Å². The molecule has 4 rings (SSSR count). The molecular weight excluding hydrogens is 403 g/mol. The van der Waals surface area contributed by atoms with Crippen molar-refractivity contribution in [2.24, 2.45) is 10.7 Å². The van der Waals surface area contributed by atoms with E-state index in [1.807, 2.05) is 0 Å². The van der Waals surface area contributed by atoms with Gasteiger partial charge in [0.1, 0.15) is 17.3 Å². The minimum absolute atomic E-state index is 0.0639.